The number of hydrogen-bond acceptors (Lipinski definition) is 5. The lowest BCUT2D eigenvalue weighted by molar-refractivity contribution is 0.386. The molecule has 7 nitrogen and oxygen atoms in total. The highest BCUT2D eigenvalue weighted by atomic mass is 31.2. The minimum absolute atomic E-state index is 0.0317. The molecule has 3 aromatic rings. The predicted molar refractivity (Wildman–Crippen MR) is 98.9 cm³/mol. The van der Waals surface area contributed by atoms with Crippen molar-refractivity contribution in [1.82, 2.24) is 15.2 Å². The van der Waals surface area contributed by atoms with Gasteiger partial charge in [0.1, 0.15) is 11.2 Å². The molecule has 2 heterocycles. The fourth-order valence-electron chi connectivity index (χ4n) is 3.24. The van der Waals surface area contributed by atoms with Crippen molar-refractivity contribution in [2.45, 2.75) is 25.8 Å². The molecule has 0 atom stereocenters. The second-order valence-corrected chi connectivity index (χ2v) is 8.49. The monoisotopic (exact) mass is 368 g/mol. The zero-order valence-corrected chi connectivity index (χ0v) is 15.2. The van der Waals surface area contributed by atoms with Crippen LogP contribution in [0.2, 0.25) is 0 Å². The molecule has 0 saturated carbocycles. The summed E-state index contributed by atoms with van der Waals surface area (Å²) < 4.78 is 11.9. The van der Waals surface area contributed by atoms with Crippen LogP contribution in [0.15, 0.2) is 47.5 Å². The molecular weight excluding hydrogens is 351 g/mol. The number of aliphatic imine (C=N–C) groups is 1. The molecule has 1 aliphatic heterocycles. The molecule has 0 amide bonds. The van der Waals surface area contributed by atoms with E-state index in [9.17, 15) is 14.4 Å². The van der Waals surface area contributed by atoms with E-state index in [4.69, 9.17) is 4.99 Å². The summed E-state index contributed by atoms with van der Waals surface area (Å²) >= 11 is 0. The molecule has 8 heteroatoms. The van der Waals surface area contributed by atoms with Gasteiger partial charge in [0.15, 0.2) is 0 Å². The lowest BCUT2D eigenvalue weighted by Gasteiger charge is -2.30. The summed E-state index contributed by atoms with van der Waals surface area (Å²) in [5, 5.41) is 8.43. The highest BCUT2D eigenvalue weighted by Crippen LogP contribution is 2.38. The average molecular weight is 368 g/mol. The number of aromatic nitrogens is 3. The molecule has 2 aromatic carbocycles. The maximum Gasteiger partial charge on any atom is 0.356 e. The van der Waals surface area contributed by atoms with Crippen molar-refractivity contribution in [3.05, 3.63) is 59.4 Å². The third kappa shape index (κ3) is 2.94. The molecule has 0 fully saturated rings. The lowest BCUT2D eigenvalue weighted by atomic mass is 9.86. The van der Waals surface area contributed by atoms with Gasteiger partial charge in [-0.2, -0.15) is 0 Å². The van der Waals surface area contributed by atoms with Crippen molar-refractivity contribution >= 4 is 29.6 Å². The summed E-state index contributed by atoms with van der Waals surface area (Å²) in [6.45, 7) is 3.84. The number of fused-ring (bicyclic) bond motifs is 2. The maximum atomic E-state index is 11.9. The van der Waals surface area contributed by atoms with Gasteiger partial charge in [-0.1, -0.05) is 24.3 Å². The van der Waals surface area contributed by atoms with Gasteiger partial charge in [-0.3, -0.25) is 9.56 Å². The minimum Gasteiger partial charge on any atom is -0.321 e. The minimum atomic E-state index is -4.40. The van der Waals surface area contributed by atoms with Gasteiger partial charge in [0.2, 0.25) is 5.82 Å². The first-order valence-electron chi connectivity index (χ1n) is 8.13. The second kappa shape index (κ2) is 5.77. The van der Waals surface area contributed by atoms with E-state index in [1.165, 1.54) is 6.07 Å². The van der Waals surface area contributed by atoms with E-state index >= 15 is 0 Å². The average Bonchev–Trinajstić information content (AvgIpc) is 2.58. The van der Waals surface area contributed by atoms with Crippen molar-refractivity contribution in [2.24, 2.45) is 4.99 Å². The van der Waals surface area contributed by atoms with E-state index in [1.54, 1.807) is 12.1 Å². The predicted octanol–water partition coefficient (Wildman–Crippen LogP) is 2.00. The van der Waals surface area contributed by atoms with Gasteiger partial charge in [0.25, 0.3) is 0 Å². The molecule has 0 bridgehead atoms. The highest BCUT2D eigenvalue weighted by molar-refractivity contribution is 7.60. The maximum absolute atomic E-state index is 11.9. The van der Waals surface area contributed by atoms with Crippen LogP contribution in [0.4, 0.5) is 0 Å². The van der Waals surface area contributed by atoms with Crippen molar-refractivity contribution in [3.63, 3.8) is 0 Å². The van der Waals surface area contributed by atoms with Crippen LogP contribution in [-0.4, -0.2) is 36.2 Å². The van der Waals surface area contributed by atoms with Crippen LogP contribution < -0.4 is 5.30 Å². The molecule has 0 aliphatic carbocycles. The standard InChI is InChI=1S/C18H17N4O3P/c1-18(2)10-12-11(6-5-9-15(12)26(23,24)25)16(20-18)17-19-13-7-3-4-8-14(13)21-22-17/h3-9H,10H2,1-2H3,(H2,23,24,25). The van der Waals surface area contributed by atoms with E-state index in [2.05, 4.69) is 15.2 Å². The Morgan fingerprint density at radius 1 is 1.00 bits per heavy atom. The number of rotatable bonds is 2. The van der Waals surface area contributed by atoms with Gasteiger partial charge in [-0.25, -0.2) is 4.98 Å². The Balaban J connectivity index is 1.96. The van der Waals surface area contributed by atoms with Crippen LogP contribution in [0.1, 0.15) is 30.8 Å². The summed E-state index contributed by atoms with van der Waals surface area (Å²) in [5.41, 5.74) is 2.56. The highest BCUT2D eigenvalue weighted by Gasteiger charge is 2.34. The molecule has 0 saturated heterocycles. The van der Waals surface area contributed by atoms with Gasteiger partial charge in [-0.15, -0.1) is 10.2 Å². The van der Waals surface area contributed by atoms with Crippen LogP contribution in [0.3, 0.4) is 0 Å². The first kappa shape index (κ1) is 17.0. The summed E-state index contributed by atoms with van der Waals surface area (Å²) in [4.78, 5) is 28.8. The zero-order chi connectivity index (χ0) is 18.5. The van der Waals surface area contributed by atoms with Crippen LogP contribution in [0.25, 0.3) is 11.0 Å². The Hall–Kier alpha value is -2.47. The molecule has 0 radical (unpaired) electrons. The molecule has 132 valence electrons. The Kier molecular flexibility index (Phi) is 3.77. The summed E-state index contributed by atoms with van der Waals surface area (Å²) in [5.74, 6) is 0.348. The van der Waals surface area contributed by atoms with E-state index in [-0.39, 0.29) is 5.30 Å². The van der Waals surface area contributed by atoms with Crippen molar-refractivity contribution in [2.75, 3.05) is 0 Å². The summed E-state index contributed by atoms with van der Waals surface area (Å²) in [6.07, 6.45) is 0.425. The van der Waals surface area contributed by atoms with E-state index < -0.39 is 13.1 Å². The fraction of sp³-hybridized carbons (Fsp3) is 0.222. The van der Waals surface area contributed by atoms with E-state index in [1.807, 2.05) is 38.1 Å². The molecule has 1 aromatic heterocycles. The molecule has 0 spiro atoms. The third-order valence-corrected chi connectivity index (χ3v) is 5.36. The first-order valence-corrected chi connectivity index (χ1v) is 9.74. The van der Waals surface area contributed by atoms with Gasteiger partial charge in [0, 0.05) is 5.56 Å². The third-order valence-electron chi connectivity index (χ3n) is 4.32. The Morgan fingerprint density at radius 2 is 1.73 bits per heavy atom. The van der Waals surface area contributed by atoms with E-state index in [0.29, 0.717) is 40.1 Å². The van der Waals surface area contributed by atoms with E-state index in [0.717, 1.165) is 0 Å². The molecular formula is C18H17N4O3P. The Labute approximate surface area is 150 Å². The molecule has 26 heavy (non-hydrogen) atoms. The van der Waals surface area contributed by atoms with Gasteiger partial charge in [0.05, 0.1) is 16.4 Å². The van der Waals surface area contributed by atoms with Crippen LogP contribution in [0.5, 0.6) is 0 Å². The topological polar surface area (TPSA) is 109 Å². The Morgan fingerprint density at radius 3 is 2.46 bits per heavy atom. The molecule has 1 aliphatic rings. The van der Waals surface area contributed by atoms with Crippen molar-refractivity contribution in [3.8, 4) is 0 Å². The number of benzene rings is 2. The smallest absolute Gasteiger partial charge is 0.321 e. The SMILES string of the molecule is CC1(C)Cc2c(cccc2P(=O)(O)O)C(c2nnc3ccccc3n2)=N1. The molecule has 2 N–H and O–H groups in total. The van der Waals surface area contributed by atoms with Crippen molar-refractivity contribution in [1.29, 1.82) is 0 Å². The fourth-order valence-corrected chi connectivity index (χ4v) is 4.07. The van der Waals surface area contributed by atoms with Gasteiger partial charge < -0.3 is 9.79 Å². The summed E-state index contributed by atoms with van der Waals surface area (Å²) in [6, 6.07) is 12.3. The summed E-state index contributed by atoms with van der Waals surface area (Å²) in [7, 11) is -4.40. The number of para-hydroxylation sites is 1. The zero-order valence-electron chi connectivity index (χ0n) is 14.3. The lowest BCUT2D eigenvalue weighted by Crippen LogP contribution is -2.34. The molecule has 0 unspecified atom stereocenters. The largest absolute Gasteiger partial charge is 0.356 e. The van der Waals surface area contributed by atoms with Crippen molar-refractivity contribution < 1.29 is 14.4 Å². The van der Waals surface area contributed by atoms with Gasteiger partial charge >= 0.3 is 7.60 Å². The van der Waals surface area contributed by atoms with Crippen LogP contribution in [0, 0.1) is 0 Å². The quantitative estimate of drug-likeness (QED) is 0.670. The van der Waals surface area contributed by atoms with Gasteiger partial charge in [-0.05, 0) is 44.0 Å². The number of nitrogens with zero attached hydrogens (tertiary/aromatic N) is 4. The second-order valence-electron chi connectivity index (χ2n) is 6.92. The van der Waals surface area contributed by atoms with Crippen LogP contribution in [-0.2, 0) is 11.0 Å². The Bertz CT molecular complexity index is 1100. The molecule has 4 rings (SSSR count). The first-order chi connectivity index (χ1) is 12.2. The normalized spacial score (nSPS) is 16.2. The number of hydrogen-bond donors (Lipinski definition) is 2. The van der Waals surface area contributed by atoms with Crippen LogP contribution >= 0.6 is 7.60 Å².